The molecule has 1 aromatic heterocycles. The molecule has 1 aromatic rings. The SMILES string of the molecule is CCOC(=O)c1nc(Br)cn1CCN. The summed E-state index contributed by atoms with van der Waals surface area (Å²) in [5, 5.41) is 0. The van der Waals surface area contributed by atoms with Gasteiger partial charge in [0.1, 0.15) is 4.60 Å². The summed E-state index contributed by atoms with van der Waals surface area (Å²) in [4.78, 5) is 15.4. The van der Waals surface area contributed by atoms with Gasteiger partial charge in [0.25, 0.3) is 0 Å². The summed E-state index contributed by atoms with van der Waals surface area (Å²) in [5.74, 6) is -0.143. The van der Waals surface area contributed by atoms with Crippen LogP contribution < -0.4 is 5.73 Å². The van der Waals surface area contributed by atoms with Gasteiger partial charge in [0.2, 0.25) is 5.82 Å². The molecule has 0 unspecified atom stereocenters. The molecule has 0 bridgehead atoms. The minimum absolute atomic E-state index is 0.282. The predicted octanol–water partition coefficient (Wildman–Crippen LogP) is 0.781. The highest BCUT2D eigenvalue weighted by atomic mass is 79.9. The average Bonchev–Trinajstić information content (AvgIpc) is 2.48. The maximum atomic E-state index is 11.4. The monoisotopic (exact) mass is 261 g/mol. The van der Waals surface area contributed by atoms with Crippen molar-refractivity contribution in [1.29, 1.82) is 0 Å². The van der Waals surface area contributed by atoms with Crippen LogP contribution in [0.1, 0.15) is 17.5 Å². The van der Waals surface area contributed by atoms with Crippen molar-refractivity contribution in [2.45, 2.75) is 13.5 Å². The Morgan fingerprint density at radius 2 is 2.50 bits per heavy atom. The van der Waals surface area contributed by atoms with Crippen LogP contribution in [0.2, 0.25) is 0 Å². The minimum atomic E-state index is -0.424. The molecule has 1 rings (SSSR count). The molecular formula is C8H12BrN3O2. The van der Waals surface area contributed by atoms with Gasteiger partial charge in [-0.05, 0) is 22.9 Å². The zero-order valence-electron chi connectivity index (χ0n) is 7.86. The van der Waals surface area contributed by atoms with E-state index in [9.17, 15) is 4.79 Å². The zero-order valence-corrected chi connectivity index (χ0v) is 9.45. The van der Waals surface area contributed by atoms with Crippen LogP contribution in [0.4, 0.5) is 0 Å². The third-order valence-electron chi connectivity index (χ3n) is 1.58. The molecule has 0 saturated carbocycles. The Balaban J connectivity index is 2.88. The number of imidazole rings is 1. The summed E-state index contributed by atoms with van der Waals surface area (Å²) in [6.45, 7) is 3.09. The van der Waals surface area contributed by atoms with Gasteiger partial charge in [-0.25, -0.2) is 9.78 Å². The minimum Gasteiger partial charge on any atom is -0.460 e. The molecule has 0 radical (unpaired) electrons. The lowest BCUT2D eigenvalue weighted by Crippen LogP contribution is -2.17. The third kappa shape index (κ3) is 2.55. The van der Waals surface area contributed by atoms with Gasteiger partial charge in [-0.15, -0.1) is 0 Å². The standard InChI is InChI=1S/C8H12BrN3O2/c1-2-14-8(13)7-11-6(9)5-12(7)4-3-10/h5H,2-4,10H2,1H3. The van der Waals surface area contributed by atoms with Crippen molar-refractivity contribution >= 4 is 21.9 Å². The molecule has 0 fully saturated rings. The molecule has 5 nitrogen and oxygen atoms in total. The Morgan fingerprint density at radius 1 is 1.79 bits per heavy atom. The first-order valence-electron chi connectivity index (χ1n) is 4.29. The molecule has 0 aliphatic heterocycles. The van der Waals surface area contributed by atoms with Crippen LogP contribution in [0.15, 0.2) is 10.8 Å². The number of hydrogen-bond acceptors (Lipinski definition) is 4. The molecule has 0 aliphatic carbocycles. The van der Waals surface area contributed by atoms with Crippen molar-refractivity contribution in [3.8, 4) is 0 Å². The van der Waals surface area contributed by atoms with Crippen LogP contribution in [0.25, 0.3) is 0 Å². The van der Waals surface area contributed by atoms with E-state index in [0.717, 1.165) is 0 Å². The highest BCUT2D eigenvalue weighted by molar-refractivity contribution is 9.10. The molecule has 0 aromatic carbocycles. The number of nitrogens with zero attached hydrogens (tertiary/aromatic N) is 2. The second kappa shape index (κ2) is 5.11. The fourth-order valence-electron chi connectivity index (χ4n) is 1.05. The number of rotatable bonds is 4. The number of ether oxygens (including phenoxy) is 1. The van der Waals surface area contributed by atoms with Crippen molar-refractivity contribution in [3.05, 3.63) is 16.6 Å². The van der Waals surface area contributed by atoms with E-state index >= 15 is 0 Å². The van der Waals surface area contributed by atoms with E-state index in [1.165, 1.54) is 0 Å². The Bertz CT molecular complexity index is 324. The number of hydrogen-bond donors (Lipinski definition) is 1. The van der Waals surface area contributed by atoms with Crippen molar-refractivity contribution in [2.24, 2.45) is 5.73 Å². The first-order valence-corrected chi connectivity index (χ1v) is 5.08. The third-order valence-corrected chi connectivity index (χ3v) is 1.96. The van der Waals surface area contributed by atoms with E-state index < -0.39 is 5.97 Å². The molecule has 6 heteroatoms. The van der Waals surface area contributed by atoms with Gasteiger partial charge in [-0.2, -0.15) is 0 Å². The van der Waals surface area contributed by atoms with E-state index in [1.807, 2.05) is 0 Å². The first-order chi connectivity index (χ1) is 6.69. The van der Waals surface area contributed by atoms with Crippen LogP contribution in [-0.2, 0) is 11.3 Å². The van der Waals surface area contributed by atoms with Crippen LogP contribution in [0.5, 0.6) is 0 Å². The first kappa shape index (κ1) is 11.2. The molecule has 78 valence electrons. The van der Waals surface area contributed by atoms with Crippen LogP contribution in [0, 0.1) is 0 Å². The van der Waals surface area contributed by atoms with Gasteiger partial charge in [0.05, 0.1) is 6.61 Å². The normalized spacial score (nSPS) is 10.2. The Kier molecular flexibility index (Phi) is 4.09. The molecular weight excluding hydrogens is 250 g/mol. The topological polar surface area (TPSA) is 70.1 Å². The van der Waals surface area contributed by atoms with Crippen molar-refractivity contribution in [1.82, 2.24) is 9.55 Å². The average molecular weight is 262 g/mol. The number of nitrogens with two attached hydrogens (primary N) is 1. The summed E-state index contributed by atoms with van der Waals surface area (Å²) in [6.07, 6.45) is 1.71. The van der Waals surface area contributed by atoms with E-state index in [2.05, 4.69) is 20.9 Å². The van der Waals surface area contributed by atoms with Crippen molar-refractivity contribution in [2.75, 3.05) is 13.2 Å². The second-order valence-electron chi connectivity index (χ2n) is 2.59. The molecule has 0 spiro atoms. The van der Waals surface area contributed by atoms with Gasteiger partial charge < -0.3 is 15.0 Å². The van der Waals surface area contributed by atoms with Gasteiger partial charge in [0, 0.05) is 19.3 Å². The summed E-state index contributed by atoms with van der Waals surface area (Å²) >= 11 is 3.19. The number of aromatic nitrogens is 2. The summed E-state index contributed by atoms with van der Waals surface area (Å²) in [6, 6.07) is 0. The molecule has 14 heavy (non-hydrogen) atoms. The molecule has 0 saturated heterocycles. The number of carbonyl (C=O) groups excluding carboxylic acids is 1. The van der Waals surface area contributed by atoms with E-state index in [-0.39, 0.29) is 5.82 Å². The van der Waals surface area contributed by atoms with Gasteiger partial charge >= 0.3 is 5.97 Å². The molecule has 0 atom stereocenters. The smallest absolute Gasteiger partial charge is 0.374 e. The number of carbonyl (C=O) groups is 1. The highest BCUT2D eigenvalue weighted by Gasteiger charge is 2.15. The molecule has 0 aliphatic rings. The lowest BCUT2D eigenvalue weighted by Gasteiger charge is -2.04. The number of esters is 1. The van der Waals surface area contributed by atoms with E-state index in [4.69, 9.17) is 10.5 Å². The van der Waals surface area contributed by atoms with Crippen LogP contribution in [-0.4, -0.2) is 28.7 Å². The second-order valence-corrected chi connectivity index (χ2v) is 3.40. The summed E-state index contributed by atoms with van der Waals surface area (Å²) in [7, 11) is 0. The molecule has 1 heterocycles. The van der Waals surface area contributed by atoms with Crippen LogP contribution >= 0.6 is 15.9 Å². The van der Waals surface area contributed by atoms with E-state index in [1.54, 1.807) is 17.7 Å². The van der Waals surface area contributed by atoms with Gasteiger partial charge in [0.15, 0.2) is 0 Å². The van der Waals surface area contributed by atoms with Crippen LogP contribution in [0.3, 0.4) is 0 Å². The Labute approximate surface area is 90.4 Å². The quantitative estimate of drug-likeness (QED) is 0.814. The molecule has 2 N–H and O–H groups in total. The largest absolute Gasteiger partial charge is 0.460 e. The summed E-state index contributed by atoms with van der Waals surface area (Å²) in [5.41, 5.74) is 5.40. The zero-order chi connectivity index (χ0) is 10.6. The maximum absolute atomic E-state index is 11.4. The van der Waals surface area contributed by atoms with Gasteiger partial charge in [-0.1, -0.05) is 0 Å². The fourth-order valence-corrected chi connectivity index (χ4v) is 1.47. The lowest BCUT2D eigenvalue weighted by atomic mass is 10.5. The Hall–Kier alpha value is -0.880. The van der Waals surface area contributed by atoms with Gasteiger partial charge in [-0.3, -0.25) is 0 Å². The fraction of sp³-hybridized carbons (Fsp3) is 0.500. The lowest BCUT2D eigenvalue weighted by molar-refractivity contribution is 0.0506. The van der Waals surface area contributed by atoms with Crippen molar-refractivity contribution < 1.29 is 9.53 Å². The predicted molar refractivity (Wildman–Crippen MR) is 54.9 cm³/mol. The number of halogens is 1. The maximum Gasteiger partial charge on any atom is 0.374 e. The van der Waals surface area contributed by atoms with E-state index in [0.29, 0.717) is 24.3 Å². The Morgan fingerprint density at radius 3 is 3.07 bits per heavy atom. The summed E-state index contributed by atoms with van der Waals surface area (Å²) < 4.78 is 7.12. The van der Waals surface area contributed by atoms with Crippen molar-refractivity contribution in [3.63, 3.8) is 0 Å². The highest BCUT2D eigenvalue weighted by Crippen LogP contribution is 2.10. The molecule has 0 amide bonds.